The van der Waals surface area contributed by atoms with E-state index in [1.165, 1.54) is 6.42 Å². The second kappa shape index (κ2) is 6.29. The standard InChI is InChI=1S/C17H15BrN4O2/c18-13-8-15-14(23-10-24-15)7-11(13)6-12(9-19)17-21-20-16-4-2-1-3-5-22(16)17/h6-8H,1-5,10H2/b12-6+. The summed E-state index contributed by atoms with van der Waals surface area (Å²) in [4.78, 5) is 0. The lowest BCUT2D eigenvalue weighted by atomic mass is 10.1. The van der Waals surface area contributed by atoms with Crippen molar-refractivity contribution in [2.24, 2.45) is 0 Å². The van der Waals surface area contributed by atoms with E-state index in [1.54, 1.807) is 0 Å². The van der Waals surface area contributed by atoms with Crippen LogP contribution in [0.3, 0.4) is 0 Å². The third-order valence-electron chi connectivity index (χ3n) is 4.26. The van der Waals surface area contributed by atoms with E-state index in [0.717, 1.165) is 41.7 Å². The Balaban J connectivity index is 1.76. The summed E-state index contributed by atoms with van der Waals surface area (Å²) >= 11 is 3.53. The molecule has 7 heteroatoms. The molecule has 2 aliphatic rings. The highest BCUT2D eigenvalue weighted by atomic mass is 79.9. The molecule has 0 N–H and O–H groups in total. The summed E-state index contributed by atoms with van der Waals surface area (Å²) in [5.41, 5.74) is 1.34. The molecule has 0 saturated carbocycles. The summed E-state index contributed by atoms with van der Waals surface area (Å²) < 4.78 is 13.7. The highest BCUT2D eigenvalue weighted by Crippen LogP contribution is 2.38. The van der Waals surface area contributed by atoms with Gasteiger partial charge in [0.1, 0.15) is 11.9 Å². The maximum absolute atomic E-state index is 9.64. The summed E-state index contributed by atoms with van der Waals surface area (Å²) in [7, 11) is 0. The number of nitrogens with zero attached hydrogens (tertiary/aromatic N) is 4. The largest absolute Gasteiger partial charge is 0.454 e. The van der Waals surface area contributed by atoms with E-state index in [9.17, 15) is 5.26 Å². The zero-order valence-electron chi connectivity index (χ0n) is 13.0. The van der Waals surface area contributed by atoms with E-state index < -0.39 is 0 Å². The molecule has 2 aliphatic heterocycles. The normalized spacial score (nSPS) is 16.4. The van der Waals surface area contributed by atoms with Crippen LogP contribution in [-0.2, 0) is 13.0 Å². The van der Waals surface area contributed by atoms with Gasteiger partial charge in [0.2, 0.25) is 6.79 Å². The number of nitriles is 1. The van der Waals surface area contributed by atoms with Crippen LogP contribution in [0.5, 0.6) is 11.5 Å². The highest BCUT2D eigenvalue weighted by Gasteiger charge is 2.19. The van der Waals surface area contributed by atoms with Gasteiger partial charge in [0.15, 0.2) is 17.3 Å². The molecule has 122 valence electrons. The first-order valence-electron chi connectivity index (χ1n) is 7.89. The highest BCUT2D eigenvalue weighted by molar-refractivity contribution is 9.10. The van der Waals surface area contributed by atoms with E-state index in [-0.39, 0.29) is 6.79 Å². The zero-order chi connectivity index (χ0) is 16.5. The number of hydrogen-bond donors (Lipinski definition) is 0. The van der Waals surface area contributed by atoms with Crippen molar-refractivity contribution in [1.29, 1.82) is 5.26 Å². The molecule has 0 fully saturated rings. The molecule has 0 bridgehead atoms. The Morgan fingerprint density at radius 1 is 1.21 bits per heavy atom. The van der Waals surface area contributed by atoms with Gasteiger partial charge in [-0.3, -0.25) is 0 Å². The van der Waals surface area contributed by atoms with Crippen LogP contribution in [0, 0.1) is 11.3 Å². The van der Waals surface area contributed by atoms with Crippen LogP contribution in [0.2, 0.25) is 0 Å². The third kappa shape index (κ3) is 2.67. The van der Waals surface area contributed by atoms with Crippen LogP contribution >= 0.6 is 15.9 Å². The van der Waals surface area contributed by atoms with E-state index in [2.05, 4.69) is 36.8 Å². The Bertz CT molecular complexity index is 866. The van der Waals surface area contributed by atoms with Crippen molar-refractivity contribution in [3.63, 3.8) is 0 Å². The molecule has 3 heterocycles. The first-order chi connectivity index (χ1) is 11.8. The molecule has 0 unspecified atom stereocenters. The van der Waals surface area contributed by atoms with Gasteiger partial charge in [-0.2, -0.15) is 5.26 Å². The molecule has 4 rings (SSSR count). The van der Waals surface area contributed by atoms with Crippen molar-refractivity contribution >= 4 is 27.6 Å². The van der Waals surface area contributed by atoms with E-state index >= 15 is 0 Å². The Hall–Kier alpha value is -2.33. The van der Waals surface area contributed by atoms with Gasteiger partial charge in [-0.05, 0) is 36.6 Å². The quantitative estimate of drug-likeness (QED) is 0.737. The SMILES string of the molecule is N#C/C(=C\c1cc2c(cc1Br)OCO2)c1nnc2n1CCCCC2. The maximum atomic E-state index is 9.64. The van der Waals surface area contributed by atoms with Gasteiger partial charge in [0, 0.05) is 17.4 Å². The Kier molecular flexibility index (Phi) is 3.98. The number of benzene rings is 1. The second-order valence-corrected chi connectivity index (χ2v) is 6.65. The maximum Gasteiger partial charge on any atom is 0.231 e. The van der Waals surface area contributed by atoms with Crippen molar-refractivity contribution in [1.82, 2.24) is 14.8 Å². The number of halogens is 1. The molecule has 6 nitrogen and oxygen atoms in total. The number of rotatable bonds is 2. The van der Waals surface area contributed by atoms with Gasteiger partial charge in [-0.25, -0.2) is 0 Å². The minimum absolute atomic E-state index is 0.220. The Morgan fingerprint density at radius 3 is 2.88 bits per heavy atom. The van der Waals surface area contributed by atoms with Crippen molar-refractivity contribution in [3.05, 3.63) is 33.8 Å². The smallest absolute Gasteiger partial charge is 0.231 e. The van der Waals surface area contributed by atoms with Gasteiger partial charge >= 0.3 is 0 Å². The summed E-state index contributed by atoms with van der Waals surface area (Å²) in [5, 5.41) is 18.2. The lowest BCUT2D eigenvalue weighted by Crippen LogP contribution is -2.05. The zero-order valence-corrected chi connectivity index (χ0v) is 14.5. The Labute approximate surface area is 147 Å². The molecule has 0 aliphatic carbocycles. The molecule has 0 atom stereocenters. The summed E-state index contributed by atoms with van der Waals surface area (Å²) in [6, 6.07) is 5.98. The molecule has 0 saturated heterocycles. The molecule has 1 aromatic carbocycles. The van der Waals surface area contributed by atoms with Gasteiger partial charge < -0.3 is 14.0 Å². The number of ether oxygens (including phenoxy) is 2. The van der Waals surface area contributed by atoms with Crippen LogP contribution in [-0.4, -0.2) is 21.6 Å². The monoisotopic (exact) mass is 386 g/mol. The predicted octanol–water partition coefficient (Wildman–Crippen LogP) is 3.56. The number of hydrogen-bond acceptors (Lipinski definition) is 5. The number of aromatic nitrogens is 3. The van der Waals surface area contributed by atoms with E-state index in [1.807, 2.05) is 18.2 Å². The molecule has 0 radical (unpaired) electrons. The fourth-order valence-corrected chi connectivity index (χ4v) is 3.47. The van der Waals surface area contributed by atoms with Crippen LogP contribution in [0.15, 0.2) is 16.6 Å². The lowest BCUT2D eigenvalue weighted by Gasteiger charge is -2.07. The second-order valence-electron chi connectivity index (χ2n) is 5.80. The molecular weight excluding hydrogens is 372 g/mol. The summed E-state index contributed by atoms with van der Waals surface area (Å²) in [6.07, 6.45) is 6.12. The van der Waals surface area contributed by atoms with Crippen LogP contribution in [0.25, 0.3) is 11.6 Å². The summed E-state index contributed by atoms with van der Waals surface area (Å²) in [5.74, 6) is 2.99. The third-order valence-corrected chi connectivity index (χ3v) is 4.95. The van der Waals surface area contributed by atoms with Gasteiger partial charge in [0.25, 0.3) is 0 Å². The first-order valence-corrected chi connectivity index (χ1v) is 8.69. The average Bonchev–Trinajstić information content (AvgIpc) is 3.12. The Morgan fingerprint density at radius 2 is 2.04 bits per heavy atom. The summed E-state index contributed by atoms with van der Waals surface area (Å²) in [6.45, 7) is 1.08. The van der Waals surface area contributed by atoms with Crippen molar-refractivity contribution in [2.75, 3.05) is 6.79 Å². The molecule has 0 amide bonds. The van der Waals surface area contributed by atoms with Gasteiger partial charge in [0.05, 0.1) is 5.57 Å². The van der Waals surface area contributed by atoms with Crippen LogP contribution in [0.4, 0.5) is 0 Å². The topological polar surface area (TPSA) is 73.0 Å². The molecule has 24 heavy (non-hydrogen) atoms. The minimum Gasteiger partial charge on any atom is -0.454 e. The van der Waals surface area contributed by atoms with Gasteiger partial charge in [-0.15, -0.1) is 10.2 Å². The first kappa shape index (κ1) is 15.2. The lowest BCUT2D eigenvalue weighted by molar-refractivity contribution is 0.174. The van der Waals surface area contributed by atoms with Crippen molar-refractivity contribution < 1.29 is 9.47 Å². The van der Waals surface area contributed by atoms with Crippen molar-refractivity contribution in [2.45, 2.75) is 32.2 Å². The molecule has 2 aromatic rings. The van der Waals surface area contributed by atoms with Crippen molar-refractivity contribution in [3.8, 4) is 17.6 Å². The van der Waals surface area contributed by atoms with E-state index in [0.29, 0.717) is 22.9 Å². The molecular formula is C17H15BrN4O2. The molecule has 1 aromatic heterocycles. The average molecular weight is 387 g/mol. The van der Waals surface area contributed by atoms with Gasteiger partial charge in [-0.1, -0.05) is 22.4 Å². The fourth-order valence-electron chi connectivity index (χ4n) is 3.03. The predicted molar refractivity (Wildman–Crippen MR) is 91.3 cm³/mol. The van der Waals surface area contributed by atoms with Crippen LogP contribution in [0.1, 0.15) is 36.5 Å². The van der Waals surface area contributed by atoms with Crippen LogP contribution < -0.4 is 9.47 Å². The number of fused-ring (bicyclic) bond motifs is 2. The number of aryl methyl sites for hydroxylation is 1. The molecule has 0 spiro atoms. The minimum atomic E-state index is 0.220. The fraction of sp³-hybridized carbons (Fsp3) is 0.353. The van der Waals surface area contributed by atoms with E-state index in [4.69, 9.17) is 9.47 Å². The number of allylic oxidation sites excluding steroid dienone is 1.